The molecule has 2 aromatic carbocycles. The van der Waals surface area contributed by atoms with Gasteiger partial charge in [-0.1, -0.05) is 61.9 Å². The predicted octanol–water partition coefficient (Wildman–Crippen LogP) is 5.16. The van der Waals surface area contributed by atoms with Gasteiger partial charge in [-0.25, -0.2) is 0 Å². The van der Waals surface area contributed by atoms with E-state index < -0.39 is 0 Å². The van der Waals surface area contributed by atoms with Crippen LogP contribution >= 0.6 is 0 Å². The molecule has 28 heavy (non-hydrogen) atoms. The van der Waals surface area contributed by atoms with Gasteiger partial charge in [0.25, 0.3) is 5.91 Å². The number of rotatable bonds is 8. The Kier molecular flexibility index (Phi) is 6.79. The smallest absolute Gasteiger partial charge is 0.260 e. The van der Waals surface area contributed by atoms with E-state index in [2.05, 4.69) is 16.8 Å². The van der Waals surface area contributed by atoms with Gasteiger partial charge in [0.2, 0.25) is 0 Å². The second kappa shape index (κ2) is 9.70. The molecule has 0 bridgehead atoms. The molecule has 0 fully saturated rings. The molecule has 1 amide bonds. The van der Waals surface area contributed by atoms with Gasteiger partial charge in [-0.2, -0.15) is 0 Å². The topological polar surface area (TPSA) is 36.4 Å². The Labute approximate surface area is 167 Å². The molecule has 1 aromatic heterocycles. The van der Waals surface area contributed by atoms with Crippen LogP contribution in [0.5, 0.6) is 0 Å². The lowest BCUT2D eigenvalue weighted by Gasteiger charge is -2.24. The Balaban J connectivity index is 1.89. The van der Waals surface area contributed by atoms with Gasteiger partial charge >= 0.3 is 0 Å². The molecular formula is C24H27N3O. The van der Waals surface area contributed by atoms with Gasteiger partial charge in [-0.05, 0) is 30.2 Å². The fourth-order valence-electron chi connectivity index (χ4n) is 3.09. The SMILES string of the molecule is CCCCN(C)c1cncc(C(=O)N(Cc2ccccc2)c2ccccc2)c1. The van der Waals surface area contributed by atoms with E-state index in [0.717, 1.165) is 36.3 Å². The molecule has 0 radical (unpaired) electrons. The summed E-state index contributed by atoms with van der Waals surface area (Å²) in [4.78, 5) is 21.7. The van der Waals surface area contributed by atoms with Crippen LogP contribution in [0.25, 0.3) is 0 Å². The number of benzene rings is 2. The van der Waals surface area contributed by atoms with Crippen molar-refractivity contribution in [3.63, 3.8) is 0 Å². The number of aromatic nitrogens is 1. The van der Waals surface area contributed by atoms with Crippen molar-refractivity contribution < 1.29 is 4.79 Å². The fourth-order valence-corrected chi connectivity index (χ4v) is 3.09. The molecule has 0 aliphatic heterocycles. The summed E-state index contributed by atoms with van der Waals surface area (Å²) in [5.41, 5.74) is 3.53. The number of anilines is 2. The molecule has 1 heterocycles. The number of hydrogen-bond acceptors (Lipinski definition) is 3. The van der Waals surface area contributed by atoms with E-state index in [4.69, 9.17) is 0 Å². The second-order valence-corrected chi connectivity index (χ2v) is 6.92. The van der Waals surface area contributed by atoms with Crippen molar-refractivity contribution in [3.8, 4) is 0 Å². The van der Waals surface area contributed by atoms with Gasteiger partial charge in [0.1, 0.15) is 0 Å². The Bertz CT molecular complexity index is 881. The highest BCUT2D eigenvalue weighted by atomic mass is 16.2. The minimum Gasteiger partial charge on any atom is -0.373 e. The number of carbonyl (C=O) groups excluding carboxylic acids is 1. The van der Waals surface area contributed by atoms with E-state index in [-0.39, 0.29) is 5.91 Å². The Morgan fingerprint density at radius 2 is 1.61 bits per heavy atom. The second-order valence-electron chi connectivity index (χ2n) is 6.92. The van der Waals surface area contributed by atoms with Crippen molar-refractivity contribution >= 4 is 17.3 Å². The first kappa shape index (κ1) is 19.6. The summed E-state index contributed by atoms with van der Waals surface area (Å²) in [7, 11) is 2.04. The van der Waals surface area contributed by atoms with Crippen LogP contribution in [0.1, 0.15) is 35.7 Å². The molecule has 0 aliphatic rings. The average Bonchev–Trinajstić information content (AvgIpc) is 2.76. The summed E-state index contributed by atoms with van der Waals surface area (Å²) in [5.74, 6) is -0.0479. The first-order valence-corrected chi connectivity index (χ1v) is 9.76. The maximum atomic E-state index is 13.4. The van der Waals surface area contributed by atoms with Crippen LogP contribution in [0.3, 0.4) is 0 Å². The van der Waals surface area contributed by atoms with Crippen LogP contribution in [0.15, 0.2) is 79.1 Å². The summed E-state index contributed by atoms with van der Waals surface area (Å²) in [6, 6.07) is 21.8. The molecule has 3 aromatic rings. The summed E-state index contributed by atoms with van der Waals surface area (Å²) in [5, 5.41) is 0. The molecular weight excluding hydrogens is 346 g/mol. The summed E-state index contributed by atoms with van der Waals surface area (Å²) < 4.78 is 0. The molecule has 4 heteroatoms. The molecule has 3 rings (SSSR count). The summed E-state index contributed by atoms with van der Waals surface area (Å²) in [6.45, 7) is 3.63. The Hall–Kier alpha value is -3.14. The number of carbonyl (C=O) groups is 1. The average molecular weight is 374 g/mol. The number of pyridine rings is 1. The van der Waals surface area contributed by atoms with Gasteiger partial charge in [-0.3, -0.25) is 9.78 Å². The molecule has 0 unspecified atom stereocenters. The highest BCUT2D eigenvalue weighted by molar-refractivity contribution is 6.06. The van der Waals surface area contributed by atoms with Gasteiger partial charge < -0.3 is 9.80 Å². The van der Waals surface area contributed by atoms with Gasteiger partial charge in [0, 0.05) is 25.5 Å². The van der Waals surface area contributed by atoms with Gasteiger partial charge in [-0.15, -0.1) is 0 Å². The maximum Gasteiger partial charge on any atom is 0.260 e. The number of para-hydroxylation sites is 1. The van der Waals surface area contributed by atoms with Crippen LogP contribution < -0.4 is 9.80 Å². The highest BCUT2D eigenvalue weighted by Gasteiger charge is 2.19. The van der Waals surface area contributed by atoms with Gasteiger partial charge in [0.05, 0.1) is 24.0 Å². The third-order valence-corrected chi connectivity index (χ3v) is 4.76. The van der Waals surface area contributed by atoms with Crippen molar-refractivity contribution in [3.05, 3.63) is 90.3 Å². The van der Waals surface area contributed by atoms with Gasteiger partial charge in [0.15, 0.2) is 0 Å². The first-order valence-electron chi connectivity index (χ1n) is 9.76. The van der Waals surface area contributed by atoms with Crippen LogP contribution in [0.4, 0.5) is 11.4 Å². The molecule has 0 atom stereocenters. The third-order valence-electron chi connectivity index (χ3n) is 4.76. The quantitative estimate of drug-likeness (QED) is 0.547. The molecule has 4 nitrogen and oxygen atoms in total. The van der Waals surface area contributed by atoms with Crippen molar-refractivity contribution in [1.29, 1.82) is 0 Å². The fraction of sp³-hybridized carbons (Fsp3) is 0.250. The van der Waals surface area contributed by atoms with E-state index in [1.807, 2.05) is 84.9 Å². The first-order chi connectivity index (χ1) is 13.7. The molecule has 144 valence electrons. The van der Waals surface area contributed by atoms with E-state index in [0.29, 0.717) is 12.1 Å². The number of nitrogens with zero attached hydrogens (tertiary/aromatic N) is 3. The van der Waals surface area contributed by atoms with E-state index in [1.165, 1.54) is 0 Å². The zero-order valence-corrected chi connectivity index (χ0v) is 16.6. The standard InChI is InChI=1S/C24H27N3O/c1-3-4-15-26(2)23-16-21(17-25-18-23)24(28)27(22-13-9-6-10-14-22)19-20-11-7-5-8-12-20/h5-14,16-18H,3-4,15,19H2,1-2H3. The van der Waals surface area contributed by atoms with E-state index in [1.54, 1.807) is 6.20 Å². The Morgan fingerprint density at radius 3 is 2.29 bits per heavy atom. The monoisotopic (exact) mass is 373 g/mol. The highest BCUT2D eigenvalue weighted by Crippen LogP contribution is 2.22. The van der Waals surface area contributed by atoms with Crippen molar-refractivity contribution in [2.45, 2.75) is 26.3 Å². The molecule has 0 N–H and O–H groups in total. The lowest BCUT2D eigenvalue weighted by Crippen LogP contribution is -2.30. The van der Waals surface area contributed by atoms with Crippen molar-refractivity contribution in [2.24, 2.45) is 0 Å². The Morgan fingerprint density at radius 1 is 0.929 bits per heavy atom. The minimum absolute atomic E-state index is 0.0479. The molecule has 0 spiro atoms. The third kappa shape index (κ3) is 4.97. The molecule has 0 saturated carbocycles. The van der Waals surface area contributed by atoms with Crippen LogP contribution in [-0.4, -0.2) is 24.5 Å². The maximum absolute atomic E-state index is 13.4. The summed E-state index contributed by atoms with van der Waals surface area (Å²) >= 11 is 0. The van der Waals surface area contributed by atoms with Crippen LogP contribution in [0, 0.1) is 0 Å². The lowest BCUT2D eigenvalue weighted by molar-refractivity contribution is 0.0985. The van der Waals surface area contributed by atoms with Crippen molar-refractivity contribution in [2.75, 3.05) is 23.4 Å². The van der Waals surface area contributed by atoms with Crippen LogP contribution in [0.2, 0.25) is 0 Å². The number of hydrogen-bond donors (Lipinski definition) is 0. The van der Waals surface area contributed by atoms with E-state index >= 15 is 0 Å². The zero-order valence-electron chi connectivity index (χ0n) is 16.6. The van der Waals surface area contributed by atoms with E-state index in [9.17, 15) is 4.79 Å². The normalized spacial score (nSPS) is 10.5. The predicted molar refractivity (Wildman–Crippen MR) is 116 cm³/mol. The van der Waals surface area contributed by atoms with Crippen LogP contribution in [-0.2, 0) is 6.54 Å². The largest absolute Gasteiger partial charge is 0.373 e. The molecule has 0 saturated heterocycles. The van der Waals surface area contributed by atoms with Crippen molar-refractivity contribution in [1.82, 2.24) is 4.98 Å². The molecule has 0 aliphatic carbocycles. The minimum atomic E-state index is -0.0479. The summed E-state index contributed by atoms with van der Waals surface area (Å²) in [6.07, 6.45) is 5.71. The zero-order chi connectivity index (χ0) is 19.8. The number of unbranched alkanes of at least 4 members (excludes halogenated alkanes) is 1. The lowest BCUT2D eigenvalue weighted by atomic mass is 10.1. The number of amides is 1.